The Morgan fingerprint density at radius 3 is 2.83 bits per heavy atom. The van der Waals surface area contributed by atoms with Crippen molar-refractivity contribution in [2.75, 3.05) is 38.5 Å². The molecule has 1 aliphatic heterocycles. The Bertz CT molecular complexity index is 419. The lowest BCUT2D eigenvalue weighted by molar-refractivity contribution is 0.347. The zero-order chi connectivity index (χ0) is 13.0. The number of nitrogens with zero attached hydrogens (tertiary/aromatic N) is 2. The maximum atomic E-state index is 5.49. The average Bonchev–Trinajstić information content (AvgIpc) is 2.54. The number of aryl methyl sites for hydroxylation is 1. The van der Waals surface area contributed by atoms with Gasteiger partial charge in [0.25, 0.3) is 0 Å². The maximum Gasteiger partial charge on any atom is 0.173 e. The van der Waals surface area contributed by atoms with Gasteiger partial charge in [0.1, 0.15) is 0 Å². The van der Waals surface area contributed by atoms with Gasteiger partial charge in [0.15, 0.2) is 5.11 Å². The van der Waals surface area contributed by atoms with E-state index >= 15 is 0 Å². The Hall–Kier alpha value is -1.13. The molecule has 1 fully saturated rings. The molecule has 1 aromatic carbocycles. The number of hydrogen-bond donors (Lipinski definition) is 1. The second kappa shape index (κ2) is 6.16. The van der Waals surface area contributed by atoms with E-state index in [2.05, 4.69) is 53.4 Å². The molecule has 2 rings (SSSR count). The molecule has 0 bridgehead atoms. The fourth-order valence-electron chi connectivity index (χ4n) is 2.17. The van der Waals surface area contributed by atoms with Gasteiger partial charge in [-0.15, -0.1) is 0 Å². The quantitative estimate of drug-likeness (QED) is 0.784. The van der Waals surface area contributed by atoms with Gasteiger partial charge in [0.2, 0.25) is 0 Å². The highest BCUT2D eigenvalue weighted by molar-refractivity contribution is 7.80. The molecule has 1 aliphatic rings. The van der Waals surface area contributed by atoms with Gasteiger partial charge < -0.3 is 15.1 Å². The molecular weight excluding hydrogens is 242 g/mol. The number of anilines is 1. The largest absolute Gasteiger partial charge is 0.348 e. The van der Waals surface area contributed by atoms with Crippen LogP contribution < -0.4 is 5.32 Å². The summed E-state index contributed by atoms with van der Waals surface area (Å²) >= 11 is 5.49. The molecule has 0 unspecified atom stereocenters. The lowest BCUT2D eigenvalue weighted by Crippen LogP contribution is -2.37. The summed E-state index contributed by atoms with van der Waals surface area (Å²) in [5.41, 5.74) is 2.33. The van der Waals surface area contributed by atoms with Gasteiger partial charge >= 0.3 is 0 Å². The van der Waals surface area contributed by atoms with Crippen LogP contribution in [0.3, 0.4) is 0 Å². The highest BCUT2D eigenvalue weighted by atomic mass is 32.1. The van der Waals surface area contributed by atoms with Gasteiger partial charge in [-0.05, 0) is 56.9 Å². The SMILES string of the molecule is Cc1cccc(NC(=S)N2CCCN(C)CC2)c1. The van der Waals surface area contributed by atoms with Crippen LogP contribution in [0.15, 0.2) is 24.3 Å². The third-order valence-electron chi connectivity index (χ3n) is 3.28. The number of hydrogen-bond acceptors (Lipinski definition) is 2. The Morgan fingerprint density at radius 2 is 2.06 bits per heavy atom. The minimum atomic E-state index is 0.843. The first kappa shape index (κ1) is 13.3. The van der Waals surface area contributed by atoms with E-state index in [0.29, 0.717) is 0 Å². The standard InChI is InChI=1S/C14H21N3S/c1-12-5-3-6-13(11-12)15-14(18)17-8-4-7-16(2)9-10-17/h3,5-6,11H,4,7-10H2,1-2H3,(H,15,18). The summed E-state index contributed by atoms with van der Waals surface area (Å²) in [5.74, 6) is 0. The Morgan fingerprint density at radius 1 is 1.22 bits per heavy atom. The van der Waals surface area contributed by atoms with Crippen molar-refractivity contribution in [2.24, 2.45) is 0 Å². The van der Waals surface area contributed by atoms with E-state index in [1.165, 1.54) is 12.0 Å². The minimum Gasteiger partial charge on any atom is -0.348 e. The molecule has 1 aromatic rings. The molecule has 3 nitrogen and oxygen atoms in total. The second-order valence-corrected chi connectivity index (χ2v) is 5.33. The molecule has 0 saturated carbocycles. The van der Waals surface area contributed by atoms with E-state index in [9.17, 15) is 0 Å². The molecule has 0 amide bonds. The predicted octanol–water partition coefficient (Wildman–Crippen LogP) is 2.33. The van der Waals surface area contributed by atoms with E-state index in [4.69, 9.17) is 12.2 Å². The highest BCUT2D eigenvalue weighted by Crippen LogP contribution is 2.11. The number of thiocarbonyl (C=S) groups is 1. The minimum absolute atomic E-state index is 0.843. The fraction of sp³-hybridized carbons (Fsp3) is 0.500. The van der Waals surface area contributed by atoms with Gasteiger partial charge in [0, 0.05) is 25.3 Å². The Kier molecular flexibility index (Phi) is 4.55. The summed E-state index contributed by atoms with van der Waals surface area (Å²) in [6.07, 6.45) is 1.17. The molecule has 1 heterocycles. The predicted molar refractivity (Wildman–Crippen MR) is 81.1 cm³/mol. The second-order valence-electron chi connectivity index (χ2n) is 4.94. The molecule has 98 valence electrons. The van der Waals surface area contributed by atoms with Crippen molar-refractivity contribution >= 4 is 23.0 Å². The molecule has 0 aliphatic carbocycles. The third-order valence-corrected chi connectivity index (χ3v) is 3.64. The molecule has 18 heavy (non-hydrogen) atoms. The van der Waals surface area contributed by atoms with Crippen molar-refractivity contribution in [1.82, 2.24) is 9.80 Å². The van der Waals surface area contributed by atoms with Crippen molar-refractivity contribution in [3.63, 3.8) is 0 Å². The average molecular weight is 263 g/mol. The first-order valence-corrected chi connectivity index (χ1v) is 6.87. The topological polar surface area (TPSA) is 18.5 Å². The highest BCUT2D eigenvalue weighted by Gasteiger charge is 2.14. The zero-order valence-electron chi connectivity index (χ0n) is 11.1. The van der Waals surface area contributed by atoms with E-state index < -0.39 is 0 Å². The van der Waals surface area contributed by atoms with Crippen LogP contribution >= 0.6 is 12.2 Å². The fourth-order valence-corrected chi connectivity index (χ4v) is 2.48. The number of nitrogens with one attached hydrogen (secondary N) is 1. The molecule has 0 aromatic heterocycles. The van der Waals surface area contributed by atoms with Crippen molar-refractivity contribution in [3.05, 3.63) is 29.8 Å². The first-order valence-electron chi connectivity index (χ1n) is 6.46. The van der Waals surface area contributed by atoms with Crippen LogP contribution in [0.1, 0.15) is 12.0 Å². The Labute approximate surface area is 115 Å². The van der Waals surface area contributed by atoms with Crippen molar-refractivity contribution in [3.8, 4) is 0 Å². The molecule has 0 atom stereocenters. The molecule has 0 radical (unpaired) electrons. The van der Waals surface area contributed by atoms with Gasteiger partial charge in [-0.2, -0.15) is 0 Å². The van der Waals surface area contributed by atoms with Crippen LogP contribution in [0.4, 0.5) is 5.69 Å². The summed E-state index contributed by atoms with van der Waals surface area (Å²) in [4.78, 5) is 4.62. The van der Waals surface area contributed by atoms with Crippen LogP contribution in [0.5, 0.6) is 0 Å². The number of likely N-dealkylation sites (N-methyl/N-ethyl adjacent to an activating group) is 1. The van der Waals surface area contributed by atoms with Crippen LogP contribution in [0.25, 0.3) is 0 Å². The maximum absolute atomic E-state index is 5.49. The molecule has 1 N–H and O–H groups in total. The summed E-state index contributed by atoms with van der Waals surface area (Å²) in [5, 5.41) is 4.18. The van der Waals surface area contributed by atoms with Crippen molar-refractivity contribution < 1.29 is 0 Å². The third kappa shape index (κ3) is 3.68. The Balaban J connectivity index is 1.95. The summed E-state index contributed by atoms with van der Waals surface area (Å²) in [7, 11) is 2.17. The summed E-state index contributed by atoms with van der Waals surface area (Å²) in [6, 6.07) is 8.32. The zero-order valence-corrected chi connectivity index (χ0v) is 12.0. The van der Waals surface area contributed by atoms with Crippen molar-refractivity contribution in [2.45, 2.75) is 13.3 Å². The smallest absolute Gasteiger partial charge is 0.173 e. The number of benzene rings is 1. The summed E-state index contributed by atoms with van der Waals surface area (Å²) < 4.78 is 0. The lowest BCUT2D eigenvalue weighted by atomic mass is 10.2. The van der Waals surface area contributed by atoms with E-state index in [1.807, 2.05) is 0 Å². The van der Waals surface area contributed by atoms with E-state index in [-0.39, 0.29) is 0 Å². The summed E-state index contributed by atoms with van der Waals surface area (Å²) in [6.45, 7) is 6.38. The van der Waals surface area contributed by atoms with Crippen LogP contribution in [0, 0.1) is 6.92 Å². The van der Waals surface area contributed by atoms with Gasteiger partial charge in [-0.1, -0.05) is 12.1 Å². The van der Waals surface area contributed by atoms with E-state index in [0.717, 1.165) is 37.0 Å². The van der Waals surface area contributed by atoms with Gasteiger partial charge in [-0.3, -0.25) is 0 Å². The molecule has 4 heteroatoms. The normalized spacial score (nSPS) is 17.3. The lowest BCUT2D eigenvalue weighted by Gasteiger charge is -2.24. The van der Waals surface area contributed by atoms with Crippen LogP contribution in [-0.2, 0) is 0 Å². The van der Waals surface area contributed by atoms with Gasteiger partial charge in [0.05, 0.1) is 0 Å². The van der Waals surface area contributed by atoms with E-state index in [1.54, 1.807) is 0 Å². The van der Waals surface area contributed by atoms with Crippen molar-refractivity contribution in [1.29, 1.82) is 0 Å². The van der Waals surface area contributed by atoms with Gasteiger partial charge in [-0.25, -0.2) is 0 Å². The van der Waals surface area contributed by atoms with Crippen LogP contribution in [0.2, 0.25) is 0 Å². The monoisotopic (exact) mass is 263 g/mol. The molecular formula is C14H21N3S. The molecule has 1 saturated heterocycles. The number of rotatable bonds is 1. The first-order chi connectivity index (χ1) is 8.65. The van der Waals surface area contributed by atoms with Crippen LogP contribution in [-0.4, -0.2) is 48.1 Å². The molecule has 0 spiro atoms.